The molecule has 4 nitrogen and oxygen atoms in total. The number of anilines is 1. The topological polar surface area (TPSA) is 62.2 Å². The highest BCUT2D eigenvalue weighted by atomic mass is 19.4. The summed E-state index contributed by atoms with van der Waals surface area (Å²) >= 11 is 0. The number of halogens is 3. The van der Waals surface area contributed by atoms with E-state index in [1.807, 2.05) is 0 Å². The van der Waals surface area contributed by atoms with Gasteiger partial charge in [-0.2, -0.15) is 13.2 Å². The average Bonchev–Trinajstić information content (AvgIpc) is 2.54. The first-order chi connectivity index (χ1) is 11.3. The Morgan fingerprint density at radius 1 is 1.33 bits per heavy atom. The van der Waals surface area contributed by atoms with E-state index in [4.69, 9.17) is 0 Å². The van der Waals surface area contributed by atoms with E-state index >= 15 is 0 Å². The maximum atomic E-state index is 12.8. The van der Waals surface area contributed by atoms with Crippen LogP contribution in [0.1, 0.15) is 36.0 Å². The summed E-state index contributed by atoms with van der Waals surface area (Å²) in [5, 5.41) is 11.8. The fourth-order valence-corrected chi connectivity index (χ4v) is 2.29. The summed E-state index contributed by atoms with van der Waals surface area (Å²) in [5.74, 6) is -0.746. The highest BCUT2D eigenvalue weighted by Gasteiger charge is 2.30. The molecule has 1 aromatic carbocycles. The van der Waals surface area contributed by atoms with Gasteiger partial charge < -0.3 is 10.4 Å². The van der Waals surface area contributed by atoms with Crippen molar-refractivity contribution < 1.29 is 23.1 Å². The van der Waals surface area contributed by atoms with Crippen molar-refractivity contribution in [3.05, 3.63) is 59.4 Å². The van der Waals surface area contributed by atoms with Gasteiger partial charge in [0.05, 0.1) is 24.1 Å². The van der Waals surface area contributed by atoms with Crippen LogP contribution < -0.4 is 5.32 Å². The summed E-state index contributed by atoms with van der Waals surface area (Å²) in [6.07, 6.45) is -1.49. The standard InChI is InChI=1S/C17H17F3N2O2/c1-11(12-3-2-4-14(8-12)17(18,19)20)7-16(24)22-15-9-21-6-5-13(15)10-23/h2-6,8-9,11,23H,7,10H2,1H3,(H,22,24). The lowest BCUT2D eigenvalue weighted by Crippen LogP contribution is -2.16. The molecule has 128 valence electrons. The molecule has 1 atom stereocenters. The predicted molar refractivity (Wildman–Crippen MR) is 83.3 cm³/mol. The molecule has 0 saturated carbocycles. The third kappa shape index (κ3) is 4.55. The Balaban J connectivity index is 2.06. The van der Waals surface area contributed by atoms with Crippen molar-refractivity contribution in [2.24, 2.45) is 0 Å². The van der Waals surface area contributed by atoms with E-state index in [0.717, 1.165) is 12.1 Å². The molecule has 0 bridgehead atoms. The van der Waals surface area contributed by atoms with Crippen molar-refractivity contribution in [2.45, 2.75) is 32.0 Å². The first-order valence-electron chi connectivity index (χ1n) is 7.32. The molecule has 2 rings (SSSR count). The van der Waals surface area contributed by atoms with Gasteiger partial charge in [-0.25, -0.2) is 0 Å². The van der Waals surface area contributed by atoms with Gasteiger partial charge in [0.25, 0.3) is 0 Å². The van der Waals surface area contributed by atoms with Crippen molar-refractivity contribution in [2.75, 3.05) is 5.32 Å². The molecule has 0 aliphatic heterocycles. The van der Waals surface area contributed by atoms with E-state index < -0.39 is 11.7 Å². The number of carbonyl (C=O) groups excluding carboxylic acids is 1. The van der Waals surface area contributed by atoms with Crippen LogP contribution in [0.2, 0.25) is 0 Å². The number of aromatic nitrogens is 1. The second-order valence-corrected chi connectivity index (χ2v) is 5.47. The lowest BCUT2D eigenvalue weighted by Gasteiger charge is -2.15. The minimum Gasteiger partial charge on any atom is -0.392 e. The summed E-state index contributed by atoms with van der Waals surface area (Å²) in [7, 11) is 0. The fraction of sp³-hybridized carbons (Fsp3) is 0.294. The van der Waals surface area contributed by atoms with E-state index in [9.17, 15) is 23.1 Å². The molecule has 0 saturated heterocycles. The molecule has 2 N–H and O–H groups in total. The minimum absolute atomic E-state index is 0.0150. The molecule has 1 unspecified atom stereocenters. The molecule has 1 aromatic heterocycles. The number of nitrogens with zero attached hydrogens (tertiary/aromatic N) is 1. The number of hydrogen-bond donors (Lipinski definition) is 2. The molecule has 0 radical (unpaired) electrons. The monoisotopic (exact) mass is 338 g/mol. The lowest BCUT2D eigenvalue weighted by molar-refractivity contribution is -0.137. The fourth-order valence-electron chi connectivity index (χ4n) is 2.29. The number of hydrogen-bond acceptors (Lipinski definition) is 3. The number of aliphatic hydroxyl groups excluding tert-OH is 1. The van der Waals surface area contributed by atoms with Crippen molar-refractivity contribution in [1.82, 2.24) is 4.98 Å². The molecular weight excluding hydrogens is 321 g/mol. The van der Waals surface area contributed by atoms with Crippen molar-refractivity contribution in [3.63, 3.8) is 0 Å². The smallest absolute Gasteiger partial charge is 0.392 e. The average molecular weight is 338 g/mol. The SMILES string of the molecule is CC(CC(=O)Nc1cnccc1CO)c1cccc(C(F)(F)F)c1. The van der Waals surface area contributed by atoms with Gasteiger partial charge in [0.15, 0.2) is 0 Å². The Labute approximate surface area is 137 Å². The highest BCUT2D eigenvalue weighted by Crippen LogP contribution is 2.31. The highest BCUT2D eigenvalue weighted by molar-refractivity contribution is 5.91. The van der Waals surface area contributed by atoms with Gasteiger partial charge in [-0.3, -0.25) is 9.78 Å². The largest absolute Gasteiger partial charge is 0.416 e. The summed E-state index contributed by atoms with van der Waals surface area (Å²) in [6.45, 7) is 1.44. The van der Waals surface area contributed by atoms with Crippen LogP contribution in [-0.4, -0.2) is 16.0 Å². The van der Waals surface area contributed by atoms with Crippen LogP contribution in [-0.2, 0) is 17.6 Å². The number of pyridine rings is 1. The molecule has 24 heavy (non-hydrogen) atoms. The molecule has 1 heterocycles. The number of nitrogens with one attached hydrogen (secondary N) is 1. The Morgan fingerprint density at radius 2 is 2.08 bits per heavy atom. The van der Waals surface area contributed by atoms with E-state index in [1.54, 1.807) is 19.1 Å². The first-order valence-corrected chi connectivity index (χ1v) is 7.32. The van der Waals surface area contributed by atoms with Gasteiger partial charge in [0.1, 0.15) is 0 Å². The zero-order valence-corrected chi connectivity index (χ0v) is 13.0. The van der Waals surface area contributed by atoms with Gasteiger partial charge in [0.2, 0.25) is 5.91 Å². The number of amides is 1. The summed E-state index contributed by atoms with van der Waals surface area (Å²) < 4.78 is 38.3. The number of rotatable bonds is 5. The molecule has 0 aliphatic carbocycles. The second-order valence-electron chi connectivity index (χ2n) is 5.47. The van der Waals surface area contributed by atoms with Crippen LogP contribution in [0.3, 0.4) is 0 Å². The second kappa shape index (κ2) is 7.44. The van der Waals surface area contributed by atoms with Gasteiger partial charge in [-0.1, -0.05) is 25.1 Å². The van der Waals surface area contributed by atoms with Crippen LogP contribution in [0, 0.1) is 0 Å². The first kappa shape index (κ1) is 17.9. The van der Waals surface area contributed by atoms with Crippen molar-refractivity contribution >= 4 is 11.6 Å². The molecule has 0 fully saturated rings. The van der Waals surface area contributed by atoms with Crippen LogP contribution in [0.15, 0.2) is 42.7 Å². The van der Waals surface area contributed by atoms with Crippen LogP contribution >= 0.6 is 0 Å². The minimum atomic E-state index is -4.41. The zero-order valence-electron chi connectivity index (χ0n) is 13.0. The quantitative estimate of drug-likeness (QED) is 0.873. The van der Waals surface area contributed by atoms with Crippen LogP contribution in [0.4, 0.5) is 18.9 Å². The maximum absolute atomic E-state index is 12.8. The van der Waals surface area contributed by atoms with Gasteiger partial charge in [-0.15, -0.1) is 0 Å². The molecule has 0 aliphatic rings. The van der Waals surface area contributed by atoms with Gasteiger partial charge in [-0.05, 0) is 23.6 Å². The zero-order chi connectivity index (χ0) is 17.7. The summed E-state index contributed by atoms with van der Waals surface area (Å²) in [6, 6.07) is 6.53. The third-order valence-corrected chi connectivity index (χ3v) is 3.63. The van der Waals surface area contributed by atoms with E-state index in [2.05, 4.69) is 10.3 Å². The van der Waals surface area contributed by atoms with E-state index in [0.29, 0.717) is 16.8 Å². The number of benzene rings is 1. The summed E-state index contributed by atoms with van der Waals surface area (Å²) in [4.78, 5) is 16.0. The number of carbonyl (C=O) groups is 1. The Hall–Kier alpha value is -2.41. The van der Waals surface area contributed by atoms with Crippen LogP contribution in [0.5, 0.6) is 0 Å². The van der Waals surface area contributed by atoms with Crippen LogP contribution in [0.25, 0.3) is 0 Å². The predicted octanol–water partition coefficient (Wildman–Crippen LogP) is 3.73. The molecule has 7 heteroatoms. The molecule has 2 aromatic rings. The van der Waals surface area contributed by atoms with Gasteiger partial charge in [0, 0.05) is 18.2 Å². The van der Waals surface area contributed by atoms with E-state index in [1.165, 1.54) is 18.5 Å². The molecular formula is C17H17F3N2O2. The van der Waals surface area contributed by atoms with Crippen molar-refractivity contribution in [1.29, 1.82) is 0 Å². The number of aliphatic hydroxyl groups is 1. The Morgan fingerprint density at radius 3 is 2.75 bits per heavy atom. The third-order valence-electron chi connectivity index (χ3n) is 3.63. The van der Waals surface area contributed by atoms with Gasteiger partial charge >= 0.3 is 6.18 Å². The molecule has 0 spiro atoms. The summed E-state index contributed by atoms with van der Waals surface area (Å²) in [5.41, 5.74) is 0.613. The molecule has 1 amide bonds. The maximum Gasteiger partial charge on any atom is 0.416 e. The lowest BCUT2D eigenvalue weighted by atomic mass is 9.95. The normalized spacial score (nSPS) is 12.7. The Bertz CT molecular complexity index is 717. The Kier molecular flexibility index (Phi) is 5.56. The van der Waals surface area contributed by atoms with E-state index in [-0.39, 0.29) is 24.9 Å². The van der Waals surface area contributed by atoms with Crippen molar-refractivity contribution in [3.8, 4) is 0 Å². The number of alkyl halides is 3.